The molecule has 28 heavy (non-hydrogen) atoms. The summed E-state index contributed by atoms with van der Waals surface area (Å²) < 4.78 is 29.5. The molecule has 0 saturated carbocycles. The van der Waals surface area contributed by atoms with Gasteiger partial charge in [0.1, 0.15) is 17.3 Å². The van der Waals surface area contributed by atoms with E-state index in [1.54, 1.807) is 15.8 Å². The lowest BCUT2D eigenvalue weighted by molar-refractivity contribution is 0.0661. The highest BCUT2D eigenvalue weighted by molar-refractivity contribution is 6.00. The third-order valence-electron chi connectivity index (χ3n) is 5.31. The molecule has 0 radical (unpaired) electrons. The van der Waals surface area contributed by atoms with E-state index in [1.807, 2.05) is 27.7 Å². The first kappa shape index (κ1) is 20.5. The summed E-state index contributed by atoms with van der Waals surface area (Å²) in [6, 6.07) is 3.32. The first-order valence-electron chi connectivity index (χ1n) is 9.68. The minimum Gasteiger partial charge on any atom is -0.338 e. The van der Waals surface area contributed by atoms with E-state index in [4.69, 9.17) is 5.73 Å². The Hall–Kier alpha value is -2.28. The van der Waals surface area contributed by atoms with Gasteiger partial charge in [0.2, 0.25) is 0 Å². The average molecular weight is 390 g/mol. The van der Waals surface area contributed by atoms with Crippen molar-refractivity contribution < 1.29 is 13.6 Å². The van der Waals surface area contributed by atoms with Gasteiger partial charge in [0, 0.05) is 37.0 Å². The number of hydrogen-bond donors (Lipinski definition) is 1. The number of nitrogens with two attached hydrogens (primary N) is 1. The van der Waals surface area contributed by atoms with Crippen LogP contribution in [0.15, 0.2) is 24.4 Å². The van der Waals surface area contributed by atoms with E-state index in [9.17, 15) is 13.6 Å². The highest BCUT2D eigenvalue weighted by atomic mass is 19.1. The number of hydrogen-bond acceptors (Lipinski definition) is 3. The normalized spacial score (nSPS) is 19.0. The maximum atomic E-state index is 14.5. The van der Waals surface area contributed by atoms with Crippen molar-refractivity contribution in [2.24, 2.45) is 11.7 Å². The fraction of sp³-hybridized carbons (Fsp3) is 0.524. The first-order chi connectivity index (χ1) is 13.1. The average Bonchev–Trinajstić information content (AvgIpc) is 3.06. The van der Waals surface area contributed by atoms with Crippen molar-refractivity contribution in [2.45, 2.75) is 52.1 Å². The molecule has 3 rings (SSSR count). The zero-order chi connectivity index (χ0) is 20.6. The molecule has 1 fully saturated rings. The third-order valence-corrected chi connectivity index (χ3v) is 5.31. The Balaban J connectivity index is 2.04. The van der Waals surface area contributed by atoms with E-state index in [0.29, 0.717) is 18.7 Å². The molecule has 1 aromatic heterocycles. The Morgan fingerprint density at radius 1 is 1.32 bits per heavy atom. The number of rotatable bonds is 3. The van der Waals surface area contributed by atoms with Gasteiger partial charge in [-0.1, -0.05) is 0 Å². The fourth-order valence-corrected chi connectivity index (χ4v) is 3.55. The SMILES string of the molecule is CC(N)C1CCCN(C(=O)c2cn(C(C)(C)C)nc2-c2ccc(F)cc2F)C1. The molecule has 1 aliphatic heterocycles. The lowest BCUT2D eigenvalue weighted by atomic mass is 9.91. The number of carbonyl (C=O) groups excluding carboxylic acids is 1. The summed E-state index contributed by atoms with van der Waals surface area (Å²) in [6.45, 7) is 9.01. The number of halogens is 2. The van der Waals surface area contributed by atoms with Gasteiger partial charge >= 0.3 is 0 Å². The molecule has 2 heterocycles. The smallest absolute Gasteiger partial charge is 0.257 e. The maximum Gasteiger partial charge on any atom is 0.257 e. The van der Waals surface area contributed by atoms with E-state index < -0.39 is 11.6 Å². The zero-order valence-electron chi connectivity index (χ0n) is 16.9. The van der Waals surface area contributed by atoms with Crippen LogP contribution < -0.4 is 5.73 Å². The second-order valence-corrected chi connectivity index (χ2v) is 8.64. The largest absolute Gasteiger partial charge is 0.338 e. The second kappa shape index (κ2) is 7.62. The van der Waals surface area contributed by atoms with Gasteiger partial charge in [0.05, 0.1) is 11.1 Å². The van der Waals surface area contributed by atoms with Crippen LogP contribution >= 0.6 is 0 Å². The van der Waals surface area contributed by atoms with E-state index in [0.717, 1.165) is 18.9 Å². The molecule has 2 N–H and O–H groups in total. The highest BCUT2D eigenvalue weighted by Crippen LogP contribution is 2.30. The molecule has 2 atom stereocenters. The van der Waals surface area contributed by atoms with Crippen molar-refractivity contribution in [1.82, 2.24) is 14.7 Å². The summed E-state index contributed by atoms with van der Waals surface area (Å²) in [4.78, 5) is 15.1. The molecule has 7 heteroatoms. The summed E-state index contributed by atoms with van der Waals surface area (Å²) >= 11 is 0. The van der Waals surface area contributed by atoms with Gasteiger partial charge in [-0.25, -0.2) is 8.78 Å². The fourth-order valence-electron chi connectivity index (χ4n) is 3.55. The Labute approximate surface area is 164 Å². The van der Waals surface area contributed by atoms with Crippen molar-refractivity contribution in [3.05, 3.63) is 41.6 Å². The molecule has 1 aromatic carbocycles. The van der Waals surface area contributed by atoms with Gasteiger partial charge in [0.15, 0.2) is 0 Å². The summed E-state index contributed by atoms with van der Waals surface area (Å²) in [5, 5.41) is 4.49. The molecule has 5 nitrogen and oxygen atoms in total. The lowest BCUT2D eigenvalue weighted by Crippen LogP contribution is -2.45. The Morgan fingerprint density at radius 2 is 2.04 bits per heavy atom. The van der Waals surface area contributed by atoms with Gasteiger partial charge < -0.3 is 10.6 Å². The second-order valence-electron chi connectivity index (χ2n) is 8.64. The van der Waals surface area contributed by atoms with E-state index >= 15 is 0 Å². The summed E-state index contributed by atoms with van der Waals surface area (Å²) in [5.74, 6) is -1.36. The quantitative estimate of drug-likeness (QED) is 0.867. The van der Waals surface area contributed by atoms with Crippen LogP contribution in [-0.2, 0) is 5.54 Å². The molecule has 2 aromatic rings. The van der Waals surface area contributed by atoms with E-state index in [2.05, 4.69) is 5.10 Å². The minimum atomic E-state index is -0.736. The summed E-state index contributed by atoms with van der Waals surface area (Å²) in [5.41, 5.74) is 6.34. The van der Waals surface area contributed by atoms with Crippen molar-refractivity contribution in [3.8, 4) is 11.3 Å². The van der Waals surface area contributed by atoms with Crippen molar-refractivity contribution in [3.63, 3.8) is 0 Å². The topological polar surface area (TPSA) is 64.2 Å². The number of nitrogens with zero attached hydrogens (tertiary/aromatic N) is 3. The number of likely N-dealkylation sites (tertiary alicyclic amines) is 1. The van der Waals surface area contributed by atoms with Gasteiger partial charge in [-0.05, 0) is 58.6 Å². The summed E-state index contributed by atoms with van der Waals surface area (Å²) in [6.07, 6.45) is 3.53. The Kier molecular flexibility index (Phi) is 5.57. The van der Waals surface area contributed by atoms with Crippen molar-refractivity contribution >= 4 is 5.91 Å². The molecule has 0 aliphatic carbocycles. The monoisotopic (exact) mass is 390 g/mol. The molecule has 1 saturated heterocycles. The number of aromatic nitrogens is 2. The predicted molar refractivity (Wildman–Crippen MR) is 105 cm³/mol. The number of carbonyl (C=O) groups is 1. The summed E-state index contributed by atoms with van der Waals surface area (Å²) in [7, 11) is 0. The van der Waals surface area contributed by atoms with Crippen LogP contribution in [0, 0.1) is 17.6 Å². The van der Waals surface area contributed by atoms with Crippen LogP contribution in [0.1, 0.15) is 50.9 Å². The molecule has 2 unspecified atom stereocenters. The van der Waals surface area contributed by atoms with Crippen LogP contribution in [0.4, 0.5) is 8.78 Å². The lowest BCUT2D eigenvalue weighted by Gasteiger charge is -2.34. The highest BCUT2D eigenvalue weighted by Gasteiger charge is 2.31. The number of benzene rings is 1. The first-order valence-corrected chi connectivity index (χ1v) is 9.68. The van der Waals surface area contributed by atoms with Gasteiger partial charge in [-0.15, -0.1) is 0 Å². The molecule has 1 amide bonds. The van der Waals surface area contributed by atoms with Gasteiger partial charge in [-0.3, -0.25) is 9.48 Å². The Morgan fingerprint density at radius 3 is 2.64 bits per heavy atom. The molecule has 0 spiro atoms. The van der Waals surface area contributed by atoms with Crippen LogP contribution in [0.2, 0.25) is 0 Å². The zero-order valence-corrected chi connectivity index (χ0v) is 16.9. The van der Waals surface area contributed by atoms with Crippen LogP contribution in [0.3, 0.4) is 0 Å². The van der Waals surface area contributed by atoms with Crippen LogP contribution in [0.5, 0.6) is 0 Å². The number of piperidine rings is 1. The van der Waals surface area contributed by atoms with Gasteiger partial charge in [-0.2, -0.15) is 5.10 Å². The number of amides is 1. The third kappa shape index (κ3) is 4.09. The maximum absolute atomic E-state index is 14.5. The molecule has 152 valence electrons. The predicted octanol–water partition coefficient (Wildman–Crippen LogP) is 3.78. The molecular weight excluding hydrogens is 362 g/mol. The molecule has 0 bridgehead atoms. The molecule has 1 aliphatic rings. The van der Waals surface area contributed by atoms with Crippen LogP contribution in [-0.4, -0.2) is 39.7 Å². The van der Waals surface area contributed by atoms with Crippen LogP contribution in [0.25, 0.3) is 11.3 Å². The van der Waals surface area contributed by atoms with Gasteiger partial charge in [0.25, 0.3) is 5.91 Å². The standard InChI is InChI=1S/C21H28F2N4O/c1-13(24)14-6-5-9-26(11-14)20(28)17-12-27(21(2,3)4)25-19(17)16-8-7-15(22)10-18(16)23/h7-8,10,12-14H,5-6,9,11,24H2,1-4H3. The Bertz CT molecular complexity index is 870. The minimum absolute atomic E-state index is 0.00177. The van der Waals surface area contributed by atoms with Crippen molar-refractivity contribution in [1.29, 1.82) is 0 Å². The van der Waals surface area contributed by atoms with Crippen molar-refractivity contribution in [2.75, 3.05) is 13.1 Å². The molecular formula is C21H28F2N4O. The van der Waals surface area contributed by atoms with E-state index in [1.165, 1.54) is 12.1 Å². The van der Waals surface area contributed by atoms with E-state index in [-0.39, 0.29) is 34.7 Å².